The molecule has 3 N–H and O–H groups in total. The molecule has 0 aliphatic rings. The van der Waals surface area contributed by atoms with Gasteiger partial charge >= 0.3 is 0 Å². The van der Waals surface area contributed by atoms with Gasteiger partial charge in [-0.2, -0.15) is 0 Å². The fraction of sp³-hybridized carbons (Fsp3) is 0.500. The molecule has 7 nitrogen and oxygen atoms in total. The number of hydrogen-bond acceptors (Lipinski definition) is 4. The summed E-state index contributed by atoms with van der Waals surface area (Å²) in [5.41, 5.74) is 0. The standard InChI is InChI=1S/C16H25ClN4O3.HI/c1-12(24-14-6-4-13(17)5-7-14)10-20-16(18-2)21-11-15(22)19-8-9-23-3;/h4-7,12H,8-11H2,1-3H3,(H,19,22)(H2,18,20,21);1H. The molecule has 0 aliphatic carbocycles. The van der Waals surface area contributed by atoms with Crippen molar-refractivity contribution in [2.45, 2.75) is 13.0 Å². The maximum absolute atomic E-state index is 11.6. The van der Waals surface area contributed by atoms with Crippen molar-refractivity contribution in [2.24, 2.45) is 4.99 Å². The molecule has 1 aromatic carbocycles. The highest BCUT2D eigenvalue weighted by atomic mass is 127. The minimum atomic E-state index is -0.125. The van der Waals surface area contributed by atoms with Crippen LogP contribution in [-0.2, 0) is 9.53 Å². The average molecular weight is 485 g/mol. The first kappa shape index (κ1) is 23.7. The van der Waals surface area contributed by atoms with Gasteiger partial charge in [0.15, 0.2) is 5.96 Å². The van der Waals surface area contributed by atoms with Gasteiger partial charge in [-0.3, -0.25) is 9.79 Å². The summed E-state index contributed by atoms with van der Waals surface area (Å²) < 4.78 is 10.6. The molecule has 0 saturated carbocycles. The lowest BCUT2D eigenvalue weighted by Gasteiger charge is -2.17. The van der Waals surface area contributed by atoms with Crippen LogP contribution in [0.2, 0.25) is 5.02 Å². The molecule has 1 rings (SSSR count). The van der Waals surface area contributed by atoms with E-state index >= 15 is 0 Å². The molecule has 0 fully saturated rings. The predicted octanol–water partition coefficient (Wildman–Crippen LogP) is 1.65. The molecule has 0 radical (unpaired) electrons. The second-order valence-corrected chi connectivity index (χ2v) is 5.47. The molecule has 0 heterocycles. The molecule has 9 heteroatoms. The molecule has 0 saturated heterocycles. The first-order valence-corrected chi connectivity index (χ1v) is 8.05. The van der Waals surface area contributed by atoms with E-state index in [1.807, 2.05) is 19.1 Å². The summed E-state index contributed by atoms with van der Waals surface area (Å²) in [6.45, 7) is 3.57. The Labute approximate surface area is 170 Å². The number of carbonyl (C=O) groups is 1. The normalized spacial score (nSPS) is 11.9. The van der Waals surface area contributed by atoms with Crippen molar-refractivity contribution in [3.8, 4) is 5.75 Å². The number of amides is 1. The quantitative estimate of drug-likeness (QED) is 0.215. The minimum absolute atomic E-state index is 0. The Kier molecular flexibility index (Phi) is 13.3. The number of carbonyl (C=O) groups excluding carboxylic acids is 1. The zero-order valence-electron chi connectivity index (χ0n) is 14.7. The number of rotatable bonds is 9. The van der Waals surface area contributed by atoms with Crippen molar-refractivity contribution < 1.29 is 14.3 Å². The van der Waals surface area contributed by atoms with Gasteiger partial charge < -0.3 is 25.4 Å². The van der Waals surface area contributed by atoms with Crippen LogP contribution in [-0.4, -0.2) is 58.4 Å². The molecule has 0 spiro atoms. The van der Waals surface area contributed by atoms with Crippen LogP contribution in [0, 0.1) is 0 Å². The Morgan fingerprint density at radius 3 is 2.52 bits per heavy atom. The van der Waals surface area contributed by atoms with Crippen molar-refractivity contribution in [3.63, 3.8) is 0 Å². The SMILES string of the molecule is CN=C(NCC(=O)NCCOC)NCC(C)Oc1ccc(Cl)cc1.I. The van der Waals surface area contributed by atoms with Gasteiger partial charge in [0.1, 0.15) is 11.9 Å². The smallest absolute Gasteiger partial charge is 0.239 e. The molecule has 1 aromatic rings. The molecule has 0 aliphatic heterocycles. The molecule has 1 amide bonds. The molecular weight excluding hydrogens is 459 g/mol. The first-order chi connectivity index (χ1) is 11.5. The average Bonchev–Trinajstić information content (AvgIpc) is 2.57. The molecular formula is C16H26ClIN4O3. The number of benzene rings is 1. The van der Waals surface area contributed by atoms with E-state index < -0.39 is 0 Å². The largest absolute Gasteiger partial charge is 0.489 e. The van der Waals surface area contributed by atoms with E-state index in [1.165, 1.54) is 0 Å². The number of ether oxygens (including phenoxy) is 2. The van der Waals surface area contributed by atoms with Crippen LogP contribution in [0.25, 0.3) is 0 Å². The van der Waals surface area contributed by atoms with Crippen LogP contribution in [0.5, 0.6) is 5.75 Å². The number of halogens is 2. The van der Waals surface area contributed by atoms with Gasteiger partial charge in [0.2, 0.25) is 5.91 Å². The second kappa shape index (κ2) is 14.0. The molecule has 0 bridgehead atoms. The Morgan fingerprint density at radius 1 is 1.24 bits per heavy atom. The van der Waals surface area contributed by atoms with Crippen LogP contribution >= 0.6 is 35.6 Å². The van der Waals surface area contributed by atoms with Crippen molar-refractivity contribution in [1.82, 2.24) is 16.0 Å². The third-order valence-corrected chi connectivity index (χ3v) is 3.23. The Bertz CT molecular complexity index is 529. The fourth-order valence-electron chi connectivity index (χ4n) is 1.77. The Hall–Kier alpha value is -1.26. The number of nitrogens with one attached hydrogen (secondary N) is 3. The van der Waals surface area contributed by atoms with Crippen LogP contribution in [0.15, 0.2) is 29.3 Å². The minimum Gasteiger partial charge on any atom is -0.489 e. The van der Waals surface area contributed by atoms with Crippen LogP contribution in [0.3, 0.4) is 0 Å². The van der Waals surface area contributed by atoms with E-state index in [0.29, 0.717) is 30.7 Å². The number of nitrogens with zero attached hydrogens (tertiary/aromatic N) is 1. The van der Waals surface area contributed by atoms with E-state index in [9.17, 15) is 4.79 Å². The van der Waals surface area contributed by atoms with E-state index in [-0.39, 0.29) is 42.5 Å². The number of methoxy groups -OCH3 is 1. The van der Waals surface area contributed by atoms with Crippen LogP contribution in [0.4, 0.5) is 0 Å². The highest BCUT2D eigenvalue weighted by Crippen LogP contribution is 2.16. The lowest BCUT2D eigenvalue weighted by molar-refractivity contribution is -0.120. The third-order valence-electron chi connectivity index (χ3n) is 2.98. The topological polar surface area (TPSA) is 84.0 Å². The predicted molar refractivity (Wildman–Crippen MR) is 111 cm³/mol. The zero-order chi connectivity index (χ0) is 17.8. The highest BCUT2D eigenvalue weighted by molar-refractivity contribution is 14.0. The van der Waals surface area contributed by atoms with Crippen molar-refractivity contribution >= 4 is 47.4 Å². The lowest BCUT2D eigenvalue weighted by Crippen LogP contribution is -2.45. The summed E-state index contributed by atoms with van der Waals surface area (Å²) >= 11 is 5.84. The zero-order valence-corrected chi connectivity index (χ0v) is 17.8. The van der Waals surface area contributed by atoms with E-state index in [1.54, 1.807) is 26.3 Å². The fourth-order valence-corrected chi connectivity index (χ4v) is 1.89. The number of aliphatic imine (C=N–C) groups is 1. The summed E-state index contributed by atoms with van der Waals surface area (Å²) in [4.78, 5) is 15.7. The van der Waals surface area contributed by atoms with E-state index in [0.717, 1.165) is 5.75 Å². The number of hydrogen-bond donors (Lipinski definition) is 3. The molecule has 1 atom stereocenters. The van der Waals surface area contributed by atoms with Gasteiger partial charge in [-0.15, -0.1) is 24.0 Å². The molecule has 1 unspecified atom stereocenters. The summed E-state index contributed by atoms with van der Waals surface area (Å²) in [5.74, 6) is 1.15. The lowest BCUT2D eigenvalue weighted by atomic mass is 10.3. The molecule has 0 aromatic heterocycles. The van der Waals surface area contributed by atoms with Gasteiger partial charge in [-0.1, -0.05) is 11.6 Å². The van der Waals surface area contributed by atoms with E-state index in [4.69, 9.17) is 21.1 Å². The maximum Gasteiger partial charge on any atom is 0.239 e. The maximum atomic E-state index is 11.6. The Balaban J connectivity index is 0.00000576. The summed E-state index contributed by atoms with van der Waals surface area (Å²) in [6, 6.07) is 7.19. The third kappa shape index (κ3) is 11.1. The summed E-state index contributed by atoms with van der Waals surface area (Å²) in [6.07, 6.45) is -0.0831. The van der Waals surface area contributed by atoms with E-state index in [2.05, 4.69) is 20.9 Å². The Morgan fingerprint density at radius 2 is 1.92 bits per heavy atom. The molecule has 25 heavy (non-hydrogen) atoms. The van der Waals surface area contributed by atoms with Crippen molar-refractivity contribution in [1.29, 1.82) is 0 Å². The van der Waals surface area contributed by atoms with Crippen LogP contribution < -0.4 is 20.7 Å². The first-order valence-electron chi connectivity index (χ1n) is 7.67. The van der Waals surface area contributed by atoms with Crippen molar-refractivity contribution in [2.75, 3.05) is 40.4 Å². The van der Waals surface area contributed by atoms with Crippen molar-refractivity contribution in [3.05, 3.63) is 29.3 Å². The monoisotopic (exact) mass is 484 g/mol. The molecule has 142 valence electrons. The van der Waals surface area contributed by atoms with Gasteiger partial charge in [-0.05, 0) is 31.2 Å². The van der Waals surface area contributed by atoms with Crippen LogP contribution in [0.1, 0.15) is 6.92 Å². The van der Waals surface area contributed by atoms with Gasteiger partial charge in [0.05, 0.1) is 19.7 Å². The number of guanidine groups is 1. The second-order valence-electron chi connectivity index (χ2n) is 5.03. The highest BCUT2D eigenvalue weighted by Gasteiger charge is 2.07. The summed E-state index contributed by atoms with van der Waals surface area (Å²) in [7, 11) is 3.23. The summed E-state index contributed by atoms with van der Waals surface area (Å²) in [5, 5.41) is 9.43. The van der Waals surface area contributed by atoms with Gasteiger partial charge in [-0.25, -0.2) is 0 Å². The van der Waals surface area contributed by atoms with Gasteiger partial charge in [0.25, 0.3) is 0 Å². The van der Waals surface area contributed by atoms with Gasteiger partial charge in [0, 0.05) is 25.7 Å².